The first-order valence-electron chi connectivity index (χ1n) is 13.6. The van der Waals surface area contributed by atoms with Crippen LogP contribution in [-0.4, -0.2) is 42.3 Å². The average molecular weight is 564 g/mol. The summed E-state index contributed by atoms with van der Waals surface area (Å²) in [6, 6.07) is 15.8. The first-order chi connectivity index (χ1) is 19.1. The number of esters is 1. The largest absolute Gasteiger partial charge is 0.467 e. The number of hydrogen-bond donors (Lipinski definition) is 2. The zero-order chi connectivity index (χ0) is 28.6. The van der Waals surface area contributed by atoms with Crippen molar-refractivity contribution >= 4 is 28.2 Å². The molecule has 1 unspecified atom stereocenters. The Bertz CT molecular complexity index is 1400. The van der Waals surface area contributed by atoms with Gasteiger partial charge in [0.1, 0.15) is 16.4 Å². The molecule has 3 heterocycles. The fraction of sp³-hybridized carbons (Fsp3) is 0.419. The Morgan fingerprint density at radius 1 is 1.18 bits per heavy atom. The molecule has 0 spiro atoms. The van der Waals surface area contributed by atoms with E-state index in [1.807, 2.05) is 57.2 Å². The van der Waals surface area contributed by atoms with Crippen molar-refractivity contribution in [2.45, 2.75) is 70.8 Å². The summed E-state index contributed by atoms with van der Waals surface area (Å²) >= 11 is 1.46. The third-order valence-corrected chi connectivity index (χ3v) is 8.59. The number of hydrogen-bond acceptors (Lipinski definition) is 8. The van der Waals surface area contributed by atoms with Crippen molar-refractivity contribution in [1.29, 1.82) is 0 Å². The van der Waals surface area contributed by atoms with Crippen LogP contribution >= 0.6 is 11.3 Å². The molecule has 2 aromatic carbocycles. The van der Waals surface area contributed by atoms with Crippen LogP contribution in [0.3, 0.4) is 0 Å². The van der Waals surface area contributed by atoms with Crippen LogP contribution < -0.4 is 15.8 Å². The number of anilines is 1. The van der Waals surface area contributed by atoms with Gasteiger partial charge in [0.25, 0.3) is 5.91 Å². The minimum atomic E-state index is -0.628. The van der Waals surface area contributed by atoms with Gasteiger partial charge in [-0.2, -0.15) is 0 Å². The number of thiophene rings is 1. The van der Waals surface area contributed by atoms with Crippen LogP contribution in [0.2, 0.25) is 0 Å². The lowest BCUT2D eigenvalue weighted by atomic mass is 9.88. The highest BCUT2D eigenvalue weighted by Crippen LogP contribution is 2.44. The lowest BCUT2D eigenvalue weighted by molar-refractivity contribution is 0.00684. The number of nitrogens with zero attached hydrogens (tertiary/aromatic N) is 1. The number of benzene rings is 2. The van der Waals surface area contributed by atoms with E-state index in [1.54, 1.807) is 7.11 Å². The molecule has 0 saturated carbocycles. The molecule has 0 bridgehead atoms. The molecule has 9 heteroatoms. The zero-order valence-corrected chi connectivity index (χ0v) is 24.5. The standard InChI is InChI=1S/C31H37N3O5S/c1-18(19-10-7-6-8-11-19)34-16-25-22(27(28(32)40-25)30(36)39-31(2,3)4)14-20(34)15-23-26-21(29(35)33-23)12-9-13-24(26)38-17-37-5/h6-13,18,20,23H,14-17,32H2,1-5H3,(H,33,35)/t18-,20-,23?/m0/s1. The average Bonchev–Trinajstić information content (AvgIpc) is 3.41. The van der Waals surface area contributed by atoms with E-state index in [-0.39, 0.29) is 36.8 Å². The van der Waals surface area contributed by atoms with Crippen molar-refractivity contribution < 1.29 is 23.8 Å². The van der Waals surface area contributed by atoms with Gasteiger partial charge < -0.3 is 25.3 Å². The Hall–Kier alpha value is -3.40. The normalized spacial score (nSPS) is 19.5. The summed E-state index contributed by atoms with van der Waals surface area (Å²) in [4.78, 5) is 29.8. The lowest BCUT2D eigenvalue weighted by Gasteiger charge is -2.41. The molecule has 8 nitrogen and oxygen atoms in total. The summed E-state index contributed by atoms with van der Waals surface area (Å²) in [5.41, 5.74) is 9.91. The van der Waals surface area contributed by atoms with Gasteiger partial charge in [-0.15, -0.1) is 11.3 Å². The molecule has 3 atom stereocenters. The van der Waals surface area contributed by atoms with Crippen LogP contribution in [0.15, 0.2) is 48.5 Å². The zero-order valence-electron chi connectivity index (χ0n) is 23.7. The van der Waals surface area contributed by atoms with Gasteiger partial charge in [-0.25, -0.2) is 4.79 Å². The molecule has 3 N–H and O–H groups in total. The van der Waals surface area contributed by atoms with Crippen LogP contribution in [0.5, 0.6) is 5.75 Å². The van der Waals surface area contributed by atoms with Gasteiger partial charge in [-0.05, 0) is 63.8 Å². The highest BCUT2D eigenvalue weighted by molar-refractivity contribution is 7.16. The number of nitrogens with one attached hydrogen (secondary N) is 1. The van der Waals surface area contributed by atoms with Gasteiger partial charge in [0.2, 0.25) is 0 Å². The van der Waals surface area contributed by atoms with E-state index in [1.165, 1.54) is 16.9 Å². The molecule has 0 aliphatic carbocycles. The summed E-state index contributed by atoms with van der Waals surface area (Å²) in [6.07, 6.45) is 1.24. The fourth-order valence-electron chi connectivity index (χ4n) is 5.78. The molecular formula is C31H37N3O5S. The molecule has 0 radical (unpaired) electrons. The van der Waals surface area contributed by atoms with Crippen LogP contribution in [0.1, 0.15) is 88.5 Å². The maximum Gasteiger partial charge on any atom is 0.341 e. The van der Waals surface area contributed by atoms with Crippen molar-refractivity contribution in [3.05, 3.63) is 81.2 Å². The van der Waals surface area contributed by atoms with E-state index in [0.717, 1.165) is 16.0 Å². The quantitative estimate of drug-likeness (QED) is 0.270. The summed E-state index contributed by atoms with van der Waals surface area (Å²) in [5, 5.41) is 3.67. The number of methoxy groups -OCH3 is 1. The van der Waals surface area contributed by atoms with Crippen molar-refractivity contribution in [3.8, 4) is 5.75 Å². The van der Waals surface area contributed by atoms with Crippen LogP contribution in [0, 0.1) is 0 Å². The molecule has 3 aromatic rings. The molecule has 212 valence electrons. The number of nitrogen functional groups attached to an aromatic ring is 1. The molecule has 2 aliphatic rings. The highest BCUT2D eigenvalue weighted by Gasteiger charge is 2.40. The first kappa shape index (κ1) is 28.1. The van der Waals surface area contributed by atoms with Gasteiger partial charge in [0.05, 0.1) is 11.6 Å². The number of carbonyl (C=O) groups excluding carboxylic acids is 2. The van der Waals surface area contributed by atoms with E-state index >= 15 is 0 Å². The number of nitrogens with two attached hydrogens (primary N) is 1. The van der Waals surface area contributed by atoms with Crippen molar-refractivity contribution in [2.75, 3.05) is 19.6 Å². The summed E-state index contributed by atoms with van der Waals surface area (Å²) in [6.45, 7) is 8.51. The third kappa shape index (κ3) is 5.59. The second-order valence-corrected chi connectivity index (χ2v) is 12.5. The SMILES string of the molecule is COCOc1cccc2c1C(C[C@@H]1Cc3c(sc(N)c3C(=O)OC(C)(C)C)CN1[C@@H](C)c1ccccc1)NC2=O. The molecule has 1 aromatic heterocycles. The van der Waals surface area contributed by atoms with Gasteiger partial charge in [-0.3, -0.25) is 9.69 Å². The Labute approximate surface area is 239 Å². The number of carbonyl (C=O) groups is 2. The maximum absolute atomic E-state index is 13.3. The van der Waals surface area contributed by atoms with Crippen LogP contribution in [0.25, 0.3) is 0 Å². The van der Waals surface area contributed by atoms with E-state index < -0.39 is 5.60 Å². The van der Waals surface area contributed by atoms with E-state index in [4.69, 9.17) is 19.9 Å². The lowest BCUT2D eigenvalue weighted by Crippen LogP contribution is -2.43. The molecular weight excluding hydrogens is 526 g/mol. The summed E-state index contributed by atoms with van der Waals surface area (Å²) < 4.78 is 16.7. The highest BCUT2D eigenvalue weighted by atomic mass is 32.1. The Morgan fingerprint density at radius 2 is 1.93 bits per heavy atom. The molecule has 0 saturated heterocycles. The summed E-state index contributed by atoms with van der Waals surface area (Å²) in [7, 11) is 1.57. The molecule has 40 heavy (non-hydrogen) atoms. The predicted molar refractivity (Wildman–Crippen MR) is 156 cm³/mol. The van der Waals surface area contributed by atoms with Gasteiger partial charge >= 0.3 is 5.97 Å². The fourth-order valence-corrected chi connectivity index (χ4v) is 6.88. The van der Waals surface area contributed by atoms with E-state index in [2.05, 4.69) is 29.3 Å². The van der Waals surface area contributed by atoms with Gasteiger partial charge in [-0.1, -0.05) is 36.4 Å². The Kier molecular flexibility index (Phi) is 7.90. The van der Waals surface area contributed by atoms with E-state index in [0.29, 0.717) is 41.3 Å². The minimum absolute atomic E-state index is 0.00428. The van der Waals surface area contributed by atoms with Crippen LogP contribution in [0.4, 0.5) is 5.00 Å². The topological polar surface area (TPSA) is 103 Å². The predicted octanol–water partition coefficient (Wildman–Crippen LogP) is 5.63. The number of rotatable bonds is 8. The first-order valence-corrected chi connectivity index (χ1v) is 14.4. The van der Waals surface area contributed by atoms with Crippen molar-refractivity contribution in [1.82, 2.24) is 10.2 Å². The van der Waals surface area contributed by atoms with Crippen molar-refractivity contribution in [3.63, 3.8) is 0 Å². The van der Waals surface area contributed by atoms with Gasteiger partial charge in [0.15, 0.2) is 6.79 Å². The van der Waals surface area contributed by atoms with Gasteiger partial charge in [0, 0.05) is 41.7 Å². The smallest absolute Gasteiger partial charge is 0.341 e. The second-order valence-electron chi connectivity index (χ2n) is 11.4. The Morgan fingerprint density at radius 3 is 2.62 bits per heavy atom. The monoisotopic (exact) mass is 563 g/mol. The van der Waals surface area contributed by atoms with Crippen LogP contribution in [-0.2, 0) is 22.4 Å². The number of ether oxygens (including phenoxy) is 3. The number of amides is 1. The summed E-state index contributed by atoms with van der Waals surface area (Å²) in [5.74, 6) is 0.132. The minimum Gasteiger partial charge on any atom is -0.467 e. The molecule has 0 fully saturated rings. The number of fused-ring (bicyclic) bond motifs is 2. The van der Waals surface area contributed by atoms with Crippen molar-refractivity contribution in [2.24, 2.45) is 0 Å². The Balaban J connectivity index is 1.52. The molecule has 2 aliphatic heterocycles. The molecule has 1 amide bonds. The van der Waals surface area contributed by atoms with E-state index in [9.17, 15) is 9.59 Å². The second kappa shape index (κ2) is 11.2. The molecule has 5 rings (SSSR count). The maximum atomic E-state index is 13.3. The third-order valence-electron chi connectivity index (χ3n) is 7.54.